The minimum Gasteiger partial charge on any atom is -0.495 e. The highest BCUT2D eigenvalue weighted by Gasteiger charge is 2.26. The van der Waals surface area contributed by atoms with Gasteiger partial charge < -0.3 is 20.1 Å². The lowest BCUT2D eigenvalue weighted by Crippen LogP contribution is -2.38. The molecule has 5 nitrogen and oxygen atoms in total. The van der Waals surface area contributed by atoms with E-state index in [1.165, 1.54) is 0 Å². The Bertz CT molecular complexity index is 503. The van der Waals surface area contributed by atoms with E-state index >= 15 is 0 Å². The maximum atomic E-state index is 11.9. The Morgan fingerprint density at radius 2 is 1.95 bits per heavy atom. The first kappa shape index (κ1) is 14.8. The molecule has 110 valence electrons. The number of nitrogens with one attached hydrogen (secondary N) is 2. The third-order valence-corrected chi connectivity index (χ3v) is 3.46. The van der Waals surface area contributed by atoms with Gasteiger partial charge in [0.1, 0.15) is 17.5 Å². The average molecular weight is 299 g/mol. The first-order valence-corrected chi connectivity index (χ1v) is 6.91. The van der Waals surface area contributed by atoms with Crippen molar-refractivity contribution in [2.45, 2.75) is 31.8 Å². The molecule has 20 heavy (non-hydrogen) atoms. The van der Waals surface area contributed by atoms with Crippen molar-refractivity contribution in [3.05, 3.63) is 17.2 Å². The lowest BCUT2D eigenvalue weighted by Gasteiger charge is -2.18. The van der Waals surface area contributed by atoms with Crippen LogP contribution in [0, 0.1) is 0 Å². The van der Waals surface area contributed by atoms with Crippen molar-refractivity contribution < 1.29 is 14.3 Å². The molecule has 0 bridgehead atoms. The van der Waals surface area contributed by atoms with Gasteiger partial charge in [-0.1, -0.05) is 11.6 Å². The molecule has 0 saturated heterocycles. The van der Waals surface area contributed by atoms with E-state index < -0.39 is 0 Å². The highest BCUT2D eigenvalue weighted by molar-refractivity contribution is 6.32. The number of carbonyl (C=O) groups excluding carboxylic acids is 1. The van der Waals surface area contributed by atoms with Crippen LogP contribution in [-0.4, -0.2) is 32.2 Å². The number of benzene rings is 1. The van der Waals surface area contributed by atoms with Crippen LogP contribution in [0.15, 0.2) is 12.1 Å². The number of amides is 1. The second kappa shape index (κ2) is 6.22. The van der Waals surface area contributed by atoms with E-state index in [9.17, 15) is 4.79 Å². The van der Waals surface area contributed by atoms with E-state index in [-0.39, 0.29) is 11.9 Å². The molecule has 0 spiro atoms. The Hall–Kier alpha value is -1.62. The minimum atomic E-state index is -0.367. The smallest absolute Gasteiger partial charge is 0.242 e. The summed E-state index contributed by atoms with van der Waals surface area (Å²) in [5, 5.41) is 6.52. The molecule has 1 amide bonds. The normalized spacial score (nSPS) is 15.4. The molecule has 1 atom stereocenters. The Labute approximate surface area is 123 Å². The molecule has 0 heterocycles. The zero-order valence-electron chi connectivity index (χ0n) is 11.8. The SMILES string of the molecule is COc1cc(OC)c(N[C@H](C)C(=O)NC2CC2)cc1Cl. The zero-order chi connectivity index (χ0) is 14.7. The van der Waals surface area contributed by atoms with E-state index in [2.05, 4.69) is 10.6 Å². The molecule has 1 aliphatic rings. The number of methoxy groups -OCH3 is 2. The van der Waals surface area contributed by atoms with Crippen LogP contribution < -0.4 is 20.1 Å². The predicted molar refractivity (Wildman–Crippen MR) is 78.8 cm³/mol. The molecule has 1 aliphatic carbocycles. The summed E-state index contributed by atoms with van der Waals surface area (Å²) >= 11 is 6.09. The number of rotatable bonds is 6. The van der Waals surface area contributed by atoms with Gasteiger partial charge in [0, 0.05) is 12.1 Å². The van der Waals surface area contributed by atoms with Crippen LogP contribution in [0.3, 0.4) is 0 Å². The first-order valence-electron chi connectivity index (χ1n) is 6.53. The average Bonchev–Trinajstić information content (AvgIpc) is 3.23. The number of hydrogen-bond donors (Lipinski definition) is 2. The molecule has 6 heteroatoms. The van der Waals surface area contributed by atoms with Crippen LogP contribution in [0.5, 0.6) is 11.5 Å². The zero-order valence-corrected chi connectivity index (χ0v) is 12.6. The van der Waals surface area contributed by atoms with Crippen LogP contribution in [-0.2, 0) is 4.79 Å². The molecule has 2 rings (SSSR count). The molecule has 2 N–H and O–H groups in total. The van der Waals surface area contributed by atoms with E-state index in [0.29, 0.717) is 28.3 Å². The van der Waals surface area contributed by atoms with Gasteiger partial charge in [0.05, 0.1) is 24.9 Å². The van der Waals surface area contributed by atoms with Gasteiger partial charge in [-0.25, -0.2) is 0 Å². The second-order valence-electron chi connectivity index (χ2n) is 4.84. The maximum Gasteiger partial charge on any atom is 0.242 e. The van der Waals surface area contributed by atoms with Crippen LogP contribution in [0.2, 0.25) is 5.02 Å². The summed E-state index contributed by atoms with van der Waals surface area (Å²) in [5.74, 6) is 1.09. The topological polar surface area (TPSA) is 59.6 Å². The van der Waals surface area contributed by atoms with Crippen molar-refractivity contribution in [2.75, 3.05) is 19.5 Å². The molecule has 0 aromatic heterocycles. The maximum absolute atomic E-state index is 11.9. The van der Waals surface area contributed by atoms with Gasteiger partial charge in [-0.3, -0.25) is 4.79 Å². The van der Waals surface area contributed by atoms with Gasteiger partial charge in [-0.2, -0.15) is 0 Å². The fourth-order valence-corrected chi connectivity index (χ4v) is 2.07. The number of carbonyl (C=O) groups is 1. The summed E-state index contributed by atoms with van der Waals surface area (Å²) < 4.78 is 10.4. The highest BCUT2D eigenvalue weighted by atomic mass is 35.5. The number of halogens is 1. The van der Waals surface area contributed by atoms with Gasteiger partial charge in [-0.15, -0.1) is 0 Å². The van der Waals surface area contributed by atoms with Crippen molar-refractivity contribution >= 4 is 23.2 Å². The summed E-state index contributed by atoms with van der Waals surface area (Å²) in [6.45, 7) is 1.80. The summed E-state index contributed by atoms with van der Waals surface area (Å²) in [4.78, 5) is 11.9. The quantitative estimate of drug-likeness (QED) is 0.847. The Kier molecular flexibility index (Phi) is 4.60. The molecule has 0 unspecified atom stereocenters. The van der Waals surface area contributed by atoms with Gasteiger partial charge in [0.15, 0.2) is 0 Å². The Morgan fingerprint density at radius 1 is 1.30 bits per heavy atom. The Morgan fingerprint density at radius 3 is 2.50 bits per heavy atom. The molecule has 0 radical (unpaired) electrons. The second-order valence-corrected chi connectivity index (χ2v) is 5.24. The molecular formula is C14H19ClN2O3. The van der Waals surface area contributed by atoms with Crippen LogP contribution in [0.1, 0.15) is 19.8 Å². The van der Waals surface area contributed by atoms with Crippen LogP contribution >= 0.6 is 11.6 Å². The fourth-order valence-electron chi connectivity index (χ4n) is 1.83. The standard InChI is InChI=1S/C14H19ClN2O3/c1-8(14(18)17-9-4-5-9)16-11-6-10(15)12(19-2)7-13(11)20-3/h6-9,16H,4-5H2,1-3H3,(H,17,18)/t8-/m1/s1. The third kappa shape index (κ3) is 3.48. The molecule has 1 aromatic rings. The van der Waals surface area contributed by atoms with Crippen molar-refractivity contribution in [1.29, 1.82) is 0 Å². The summed E-state index contributed by atoms with van der Waals surface area (Å²) in [7, 11) is 3.10. The minimum absolute atomic E-state index is 0.0264. The van der Waals surface area contributed by atoms with Gasteiger partial charge in [-0.05, 0) is 25.8 Å². The van der Waals surface area contributed by atoms with E-state index in [0.717, 1.165) is 12.8 Å². The number of anilines is 1. The van der Waals surface area contributed by atoms with Crippen molar-refractivity contribution in [2.24, 2.45) is 0 Å². The first-order chi connectivity index (χ1) is 9.55. The summed E-state index contributed by atoms with van der Waals surface area (Å²) in [6.07, 6.45) is 2.13. The van der Waals surface area contributed by atoms with Gasteiger partial charge in [0.25, 0.3) is 0 Å². The fraction of sp³-hybridized carbons (Fsp3) is 0.500. The van der Waals surface area contributed by atoms with E-state index in [4.69, 9.17) is 21.1 Å². The highest BCUT2D eigenvalue weighted by Crippen LogP contribution is 2.36. The Balaban J connectivity index is 2.10. The van der Waals surface area contributed by atoms with Crippen molar-refractivity contribution in [3.63, 3.8) is 0 Å². The van der Waals surface area contributed by atoms with E-state index in [1.54, 1.807) is 33.3 Å². The van der Waals surface area contributed by atoms with Crippen molar-refractivity contribution in [3.8, 4) is 11.5 Å². The van der Waals surface area contributed by atoms with E-state index in [1.807, 2.05) is 0 Å². The monoisotopic (exact) mass is 298 g/mol. The summed E-state index contributed by atoms with van der Waals surface area (Å²) in [5.41, 5.74) is 0.664. The molecule has 1 aromatic carbocycles. The van der Waals surface area contributed by atoms with Gasteiger partial charge in [0.2, 0.25) is 5.91 Å². The molecular weight excluding hydrogens is 280 g/mol. The van der Waals surface area contributed by atoms with Gasteiger partial charge >= 0.3 is 0 Å². The molecule has 1 saturated carbocycles. The summed E-state index contributed by atoms with van der Waals surface area (Å²) in [6, 6.07) is 3.36. The largest absolute Gasteiger partial charge is 0.495 e. The molecule has 0 aliphatic heterocycles. The number of hydrogen-bond acceptors (Lipinski definition) is 4. The third-order valence-electron chi connectivity index (χ3n) is 3.16. The lowest BCUT2D eigenvalue weighted by molar-refractivity contribution is -0.121. The van der Waals surface area contributed by atoms with Crippen LogP contribution in [0.4, 0.5) is 5.69 Å². The van der Waals surface area contributed by atoms with Crippen molar-refractivity contribution in [1.82, 2.24) is 5.32 Å². The van der Waals surface area contributed by atoms with Crippen LogP contribution in [0.25, 0.3) is 0 Å². The lowest BCUT2D eigenvalue weighted by atomic mass is 10.2. The molecule has 1 fully saturated rings. The predicted octanol–water partition coefficient (Wildman–Crippen LogP) is 2.44. The number of ether oxygens (including phenoxy) is 2.